The van der Waals surface area contributed by atoms with Gasteiger partial charge in [-0.15, -0.1) is 6.58 Å². The van der Waals surface area contributed by atoms with E-state index in [2.05, 4.69) is 25.5 Å². The Bertz CT molecular complexity index is 712. The Morgan fingerprint density at radius 1 is 1.29 bits per heavy atom. The molecule has 0 saturated carbocycles. The molecule has 4 heteroatoms. The number of carbonyl (C=O) groups is 1. The summed E-state index contributed by atoms with van der Waals surface area (Å²) >= 11 is 0. The zero-order valence-electron chi connectivity index (χ0n) is 15.0. The number of nitrogens with zero attached hydrogens (tertiary/aromatic N) is 2. The first-order valence-corrected chi connectivity index (χ1v) is 8.37. The molecule has 128 valence electrons. The molecule has 2 rings (SSSR count). The van der Waals surface area contributed by atoms with Crippen molar-refractivity contribution < 1.29 is 9.53 Å². The second kappa shape index (κ2) is 7.95. The Hall–Kier alpha value is -2.36. The van der Waals surface area contributed by atoms with Crippen LogP contribution in [0.4, 0.5) is 0 Å². The highest BCUT2D eigenvalue weighted by Crippen LogP contribution is 2.18. The van der Waals surface area contributed by atoms with Crippen LogP contribution in [-0.2, 0) is 6.42 Å². The van der Waals surface area contributed by atoms with Crippen molar-refractivity contribution in [3.8, 4) is 5.75 Å². The van der Waals surface area contributed by atoms with Gasteiger partial charge in [-0.1, -0.05) is 19.9 Å². The van der Waals surface area contributed by atoms with Crippen molar-refractivity contribution in [2.45, 2.75) is 40.5 Å². The number of rotatable bonds is 7. The summed E-state index contributed by atoms with van der Waals surface area (Å²) < 4.78 is 7.17. The van der Waals surface area contributed by atoms with E-state index in [9.17, 15) is 4.79 Å². The van der Waals surface area contributed by atoms with Gasteiger partial charge in [-0.3, -0.25) is 4.79 Å². The molecule has 0 aliphatic heterocycles. The standard InChI is InChI=1S/C20H26N2O2/c1-6-7-19-15(4)21-22(16(19)5)20(23)17-8-10-18(11-9-17)24-13-12-14(2)3/h6,8-11,14H,1,7,12-13H2,2-5H3. The Balaban J connectivity index is 2.13. The highest BCUT2D eigenvalue weighted by molar-refractivity contribution is 5.96. The smallest absolute Gasteiger partial charge is 0.278 e. The van der Waals surface area contributed by atoms with Crippen LogP contribution in [0.3, 0.4) is 0 Å². The van der Waals surface area contributed by atoms with Gasteiger partial charge < -0.3 is 4.74 Å². The minimum absolute atomic E-state index is 0.125. The van der Waals surface area contributed by atoms with Crippen LogP contribution < -0.4 is 4.74 Å². The zero-order chi connectivity index (χ0) is 17.7. The number of hydrogen-bond donors (Lipinski definition) is 0. The van der Waals surface area contributed by atoms with Gasteiger partial charge in [0.05, 0.1) is 12.3 Å². The molecule has 24 heavy (non-hydrogen) atoms. The second-order valence-electron chi connectivity index (χ2n) is 6.41. The molecule has 0 aliphatic rings. The lowest BCUT2D eigenvalue weighted by Crippen LogP contribution is -2.15. The van der Waals surface area contributed by atoms with Crippen molar-refractivity contribution in [3.63, 3.8) is 0 Å². The topological polar surface area (TPSA) is 44.1 Å². The van der Waals surface area contributed by atoms with Crippen molar-refractivity contribution >= 4 is 5.91 Å². The maximum atomic E-state index is 12.7. The molecule has 0 atom stereocenters. The summed E-state index contributed by atoms with van der Waals surface area (Å²) in [7, 11) is 0. The maximum absolute atomic E-state index is 12.7. The quantitative estimate of drug-likeness (QED) is 0.711. The predicted molar refractivity (Wildman–Crippen MR) is 96.7 cm³/mol. The minimum atomic E-state index is -0.125. The monoisotopic (exact) mass is 326 g/mol. The molecule has 1 heterocycles. The van der Waals surface area contributed by atoms with E-state index in [0.717, 1.165) is 29.1 Å². The van der Waals surface area contributed by atoms with Crippen molar-refractivity contribution in [2.24, 2.45) is 5.92 Å². The number of hydrogen-bond acceptors (Lipinski definition) is 3. The number of carbonyl (C=O) groups excluding carboxylic acids is 1. The van der Waals surface area contributed by atoms with Crippen LogP contribution in [0.15, 0.2) is 36.9 Å². The summed E-state index contributed by atoms with van der Waals surface area (Å²) in [6.45, 7) is 12.6. The molecule has 0 fully saturated rings. The number of ether oxygens (including phenoxy) is 1. The van der Waals surface area contributed by atoms with E-state index in [0.29, 0.717) is 24.5 Å². The molecule has 0 radical (unpaired) electrons. The molecular weight excluding hydrogens is 300 g/mol. The van der Waals surface area contributed by atoms with Gasteiger partial charge in [-0.2, -0.15) is 5.10 Å². The van der Waals surface area contributed by atoms with Gasteiger partial charge in [0.15, 0.2) is 0 Å². The van der Waals surface area contributed by atoms with Crippen molar-refractivity contribution in [1.29, 1.82) is 0 Å². The highest BCUT2D eigenvalue weighted by Gasteiger charge is 2.17. The van der Waals surface area contributed by atoms with E-state index in [1.807, 2.05) is 32.1 Å². The largest absolute Gasteiger partial charge is 0.494 e. The summed E-state index contributed by atoms with van der Waals surface area (Å²) in [5.41, 5.74) is 3.40. The van der Waals surface area contributed by atoms with Gasteiger partial charge in [0.1, 0.15) is 5.75 Å². The van der Waals surface area contributed by atoms with Crippen LogP contribution in [-0.4, -0.2) is 22.3 Å². The van der Waals surface area contributed by atoms with E-state index in [1.165, 1.54) is 4.68 Å². The van der Waals surface area contributed by atoms with E-state index < -0.39 is 0 Å². The van der Waals surface area contributed by atoms with Gasteiger partial charge in [-0.25, -0.2) is 4.68 Å². The number of allylic oxidation sites excluding steroid dienone is 1. The van der Waals surface area contributed by atoms with Gasteiger partial charge in [0.25, 0.3) is 5.91 Å². The summed E-state index contributed by atoms with van der Waals surface area (Å²) in [5.74, 6) is 1.27. The third-order valence-corrected chi connectivity index (χ3v) is 4.05. The molecule has 0 spiro atoms. The third kappa shape index (κ3) is 4.13. The van der Waals surface area contributed by atoms with Crippen LogP contribution in [0.1, 0.15) is 47.6 Å². The van der Waals surface area contributed by atoms with Crippen LogP contribution in [0.2, 0.25) is 0 Å². The van der Waals surface area contributed by atoms with Crippen molar-refractivity contribution in [2.75, 3.05) is 6.61 Å². The normalized spacial score (nSPS) is 10.9. The molecule has 0 saturated heterocycles. The molecule has 0 bridgehead atoms. The summed E-state index contributed by atoms with van der Waals surface area (Å²) in [5, 5.41) is 4.38. The predicted octanol–water partition coefficient (Wildman–Crippen LogP) is 4.34. The van der Waals surface area contributed by atoms with Crippen LogP contribution in [0.25, 0.3) is 0 Å². The lowest BCUT2D eigenvalue weighted by molar-refractivity contribution is 0.0942. The fourth-order valence-corrected chi connectivity index (χ4v) is 2.54. The Kier molecular flexibility index (Phi) is 5.96. The number of aromatic nitrogens is 2. The van der Waals surface area contributed by atoms with Crippen LogP contribution in [0.5, 0.6) is 5.75 Å². The SMILES string of the molecule is C=CCc1c(C)nn(C(=O)c2ccc(OCCC(C)C)cc2)c1C. The third-order valence-electron chi connectivity index (χ3n) is 4.05. The second-order valence-corrected chi connectivity index (χ2v) is 6.41. The van der Waals surface area contributed by atoms with Crippen LogP contribution >= 0.6 is 0 Å². The molecule has 2 aromatic rings. The first kappa shape index (κ1) is 18.0. The highest BCUT2D eigenvalue weighted by atomic mass is 16.5. The van der Waals surface area contributed by atoms with E-state index in [4.69, 9.17) is 4.74 Å². The molecular formula is C20H26N2O2. The lowest BCUT2D eigenvalue weighted by Gasteiger charge is -2.09. The Morgan fingerprint density at radius 2 is 1.96 bits per heavy atom. The Labute approximate surface area is 144 Å². The van der Waals surface area contributed by atoms with E-state index in [1.54, 1.807) is 12.1 Å². The minimum Gasteiger partial charge on any atom is -0.494 e. The summed E-state index contributed by atoms with van der Waals surface area (Å²) in [6.07, 6.45) is 3.56. The summed E-state index contributed by atoms with van der Waals surface area (Å²) in [4.78, 5) is 12.7. The zero-order valence-corrected chi connectivity index (χ0v) is 15.0. The van der Waals surface area contributed by atoms with E-state index in [-0.39, 0.29) is 5.91 Å². The molecule has 0 N–H and O–H groups in total. The Morgan fingerprint density at radius 3 is 2.54 bits per heavy atom. The van der Waals surface area contributed by atoms with Gasteiger partial charge >= 0.3 is 0 Å². The fraction of sp³-hybridized carbons (Fsp3) is 0.400. The number of aryl methyl sites for hydroxylation is 1. The van der Waals surface area contributed by atoms with E-state index >= 15 is 0 Å². The molecule has 1 aromatic heterocycles. The van der Waals surface area contributed by atoms with Gasteiger partial charge in [-0.05, 0) is 56.9 Å². The average Bonchev–Trinajstić information content (AvgIpc) is 2.83. The maximum Gasteiger partial charge on any atom is 0.278 e. The van der Waals surface area contributed by atoms with Crippen molar-refractivity contribution in [1.82, 2.24) is 9.78 Å². The molecule has 0 unspecified atom stereocenters. The lowest BCUT2D eigenvalue weighted by atomic mass is 10.1. The number of benzene rings is 1. The average molecular weight is 326 g/mol. The first-order chi connectivity index (χ1) is 11.4. The summed E-state index contributed by atoms with van der Waals surface area (Å²) in [6, 6.07) is 7.25. The molecule has 0 amide bonds. The molecule has 1 aromatic carbocycles. The van der Waals surface area contributed by atoms with Crippen molar-refractivity contribution in [3.05, 3.63) is 59.4 Å². The fourth-order valence-electron chi connectivity index (χ4n) is 2.54. The van der Waals surface area contributed by atoms with Gasteiger partial charge in [0, 0.05) is 16.8 Å². The first-order valence-electron chi connectivity index (χ1n) is 8.37. The van der Waals surface area contributed by atoms with Crippen LogP contribution in [0, 0.1) is 19.8 Å². The van der Waals surface area contributed by atoms with Gasteiger partial charge in [0.2, 0.25) is 0 Å². The molecule has 4 nitrogen and oxygen atoms in total. The molecule has 0 aliphatic carbocycles.